The van der Waals surface area contributed by atoms with Crippen molar-refractivity contribution in [2.75, 3.05) is 13.1 Å². The van der Waals surface area contributed by atoms with Crippen molar-refractivity contribution in [2.24, 2.45) is 0 Å². The maximum absolute atomic E-state index is 12.8. The van der Waals surface area contributed by atoms with Crippen molar-refractivity contribution < 1.29 is 9.90 Å². The molecule has 1 aromatic carbocycles. The Balaban J connectivity index is 1.45. The average Bonchev–Trinajstić information content (AvgIpc) is 3.33. The second-order valence-electron chi connectivity index (χ2n) is 6.60. The van der Waals surface area contributed by atoms with E-state index in [1.165, 1.54) is 10.4 Å². The molecule has 7 heteroatoms. The molecule has 0 spiro atoms. The summed E-state index contributed by atoms with van der Waals surface area (Å²) in [6.07, 6.45) is 3.49. The lowest BCUT2D eigenvalue weighted by atomic mass is 9.90. The Morgan fingerprint density at radius 3 is 2.54 bits per heavy atom. The third-order valence-corrected chi connectivity index (χ3v) is 6.09. The van der Waals surface area contributed by atoms with Crippen LogP contribution in [-0.2, 0) is 0 Å². The Morgan fingerprint density at radius 1 is 1.19 bits per heavy atom. The summed E-state index contributed by atoms with van der Waals surface area (Å²) in [6.45, 7) is 3.10. The zero-order valence-electron chi connectivity index (χ0n) is 14.4. The summed E-state index contributed by atoms with van der Waals surface area (Å²) in [7, 11) is 0. The molecular formula is C19H20N4O2S. The molecule has 3 heterocycles. The van der Waals surface area contributed by atoms with Crippen LogP contribution >= 0.6 is 11.3 Å². The van der Waals surface area contributed by atoms with Gasteiger partial charge in [0.2, 0.25) is 0 Å². The van der Waals surface area contributed by atoms with Crippen LogP contribution in [0.15, 0.2) is 48.4 Å². The first-order valence-electron chi connectivity index (χ1n) is 8.60. The van der Waals surface area contributed by atoms with E-state index in [1.54, 1.807) is 45.6 Å². The van der Waals surface area contributed by atoms with Crippen molar-refractivity contribution >= 4 is 17.2 Å². The van der Waals surface area contributed by atoms with E-state index < -0.39 is 6.10 Å². The van der Waals surface area contributed by atoms with Crippen LogP contribution in [0.25, 0.3) is 5.69 Å². The average molecular weight is 368 g/mol. The third-order valence-electron chi connectivity index (χ3n) is 4.94. The van der Waals surface area contributed by atoms with Gasteiger partial charge in [0.05, 0.1) is 6.10 Å². The highest BCUT2D eigenvalue weighted by molar-refractivity contribution is 7.10. The fourth-order valence-corrected chi connectivity index (χ4v) is 4.60. The predicted molar refractivity (Wildman–Crippen MR) is 99.7 cm³/mol. The molecular weight excluding hydrogens is 348 g/mol. The summed E-state index contributed by atoms with van der Waals surface area (Å²) in [4.78, 5) is 15.8. The number of amides is 1. The first kappa shape index (κ1) is 16.9. The molecule has 0 unspecified atom stereocenters. The number of β-amino-alcohol motifs (C(OH)–C–C–N with tert-alkyl or cyclic N) is 1. The van der Waals surface area contributed by atoms with Gasteiger partial charge in [-0.05, 0) is 54.6 Å². The molecule has 0 bridgehead atoms. The van der Waals surface area contributed by atoms with E-state index in [1.807, 2.05) is 12.1 Å². The molecule has 1 fully saturated rings. The lowest BCUT2D eigenvalue weighted by Gasteiger charge is -2.36. The van der Waals surface area contributed by atoms with Crippen LogP contribution in [-0.4, -0.2) is 49.9 Å². The number of rotatable bonds is 3. The Hall–Kier alpha value is -2.51. The third kappa shape index (κ3) is 3.15. The van der Waals surface area contributed by atoms with E-state index in [2.05, 4.69) is 28.6 Å². The van der Waals surface area contributed by atoms with Gasteiger partial charge in [-0.1, -0.05) is 0 Å². The monoisotopic (exact) mass is 368 g/mol. The second kappa shape index (κ2) is 7.01. The Morgan fingerprint density at radius 2 is 1.92 bits per heavy atom. The summed E-state index contributed by atoms with van der Waals surface area (Å²) >= 11 is 1.69. The maximum atomic E-state index is 12.8. The molecule has 1 N–H and O–H groups in total. The maximum Gasteiger partial charge on any atom is 0.253 e. The van der Waals surface area contributed by atoms with Crippen LogP contribution in [0, 0.1) is 6.92 Å². The lowest BCUT2D eigenvalue weighted by molar-refractivity contribution is 0.0387. The summed E-state index contributed by atoms with van der Waals surface area (Å²) in [5.74, 6) is 0.0795. The van der Waals surface area contributed by atoms with E-state index in [4.69, 9.17) is 0 Å². The van der Waals surface area contributed by atoms with Crippen LogP contribution in [0.2, 0.25) is 0 Å². The Bertz CT molecular complexity index is 889. The van der Waals surface area contributed by atoms with Gasteiger partial charge in [-0.25, -0.2) is 0 Å². The summed E-state index contributed by atoms with van der Waals surface area (Å²) in [5, 5.41) is 20.2. The number of nitrogens with zero attached hydrogens (tertiary/aromatic N) is 4. The van der Waals surface area contributed by atoms with Gasteiger partial charge in [0.1, 0.15) is 12.7 Å². The normalized spacial score (nSPS) is 20.3. The minimum atomic E-state index is -0.527. The van der Waals surface area contributed by atoms with Crippen LogP contribution in [0.4, 0.5) is 0 Å². The number of piperidine rings is 1. The summed E-state index contributed by atoms with van der Waals surface area (Å²) < 4.78 is 1.78. The van der Waals surface area contributed by atoms with Crippen LogP contribution in [0.1, 0.15) is 33.1 Å². The highest BCUT2D eigenvalue weighted by Gasteiger charge is 2.32. The first-order valence-corrected chi connectivity index (χ1v) is 9.48. The van der Waals surface area contributed by atoms with Crippen molar-refractivity contribution in [1.82, 2.24) is 19.7 Å². The minimum Gasteiger partial charge on any atom is -0.391 e. The zero-order valence-corrected chi connectivity index (χ0v) is 15.3. The molecule has 4 rings (SSSR count). The number of carbonyl (C=O) groups is 1. The minimum absolute atomic E-state index is 0.0410. The van der Waals surface area contributed by atoms with Crippen LogP contribution in [0.3, 0.4) is 0 Å². The molecule has 3 aromatic rings. The standard InChI is InChI=1S/C19H20N4O2S/c1-13-7-9-26-18(13)16-6-8-22(10-17(16)24)19(25)14-2-4-15(5-3-14)23-11-20-21-12-23/h2-5,7,9,11-12,16-17,24H,6,8,10H2,1H3/t16-,17-/m1/s1. The molecule has 1 amide bonds. The fourth-order valence-electron chi connectivity index (χ4n) is 3.48. The predicted octanol–water partition coefficient (Wildman–Crippen LogP) is 2.63. The van der Waals surface area contributed by atoms with Gasteiger partial charge in [0, 0.05) is 35.1 Å². The van der Waals surface area contributed by atoms with E-state index in [0.29, 0.717) is 18.7 Å². The quantitative estimate of drug-likeness (QED) is 0.771. The SMILES string of the molecule is Cc1ccsc1[C@@H]1CCN(C(=O)c2ccc(-n3cnnc3)cc2)C[C@H]1O. The molecule has 134 valence electrons. The van der Waals surface area contributed by atoms with E-state index in [9.17, 15) is 9.90 Å². The van der Waals surface area contributed by atoms with Crippen molar-refractivity contribution in [3.63, 3.8) is 0 Å². The summed E-state index contributed by atoms with van der Waals surface area (Å²) in [5.41, 5.74) is 2.75. The number of likely N-dealkylation sites (tertiary alicyclic amines) is 1. The fraction of sp³-hybridized carbons (Fsp3) is 0.316. The molecule has 6 nitrogen and oxygen atoms in total. The molecule has 1 aliphatic rings. The second-order valence-corrected chi connectivity index (χ2v) is 7.55. The van der Waals surface area contributed by atoms with Crippen molar-refractivity contribution in [2.45, 2.75) is 25.4 Å². The summed E-state index contributed by atoms with van der Waals surface area (Å²) in [6, 6.07) is 9.43. The van der Waals surface area contributed by atoms with Gasteiger partial charge in [0.15, 0.2) is 0 Å². The number of aromatic nitrogens is 3. The highest BCUT2D eigenvalue weighted by Crippen LogP contribution is 2.34. The number of aliphatic hydroxyl groups is 1. The van der Waals surface area contributed by atoms with Crippen molar-refractivity contribution in [1.29, 1.82) is 0 Å². The van der Waals surface area contributed by atoms with Crippen molar-refractivity contribution in [3.8, 4) is 5.69 Å². The van der Waals surface area contributed by atoms with Gasteiger partial charge in [0.25, 0.3) is 5.91 Å². The van der Waals surface area contributed by atoms with Gasteiger partial charge in [-0.15, -0.1) is 21.5 Å². The first-order chi connectivity index (χ1) is 12.6. The molecule has 0 aliphatic carbocycles. The Labute approximate surface area is 155 Å². The molecule has 2 aromatic heterocycles. The van der Waals surface area contributed by atoms with Crippen LogP contribution in [0.5, 0.6) is 0 Å². The molecule has 2 atom stereocenters. The largest absolute Gasteiger partial charge is 0.391 e. The van der Waals surface area contributed by atoms with Gasteiger partial charge in [-0.2, -0.15) is 0 Å². The highest BCUT2D eigenvalue weighted by atomic mass is 32.1. The molecule has 0 saturated carbocycles. The van der Waals surface area contributed by atoms with E-state index in [0.717, 1.165) is 12.1 Å². The number of thiophene rings is 1. The molecule has 1 aliphatic heterocycles. The van der Waals surface area contributed by atoms with Gasteiger partial charge < -0.3 is 10.0 Å². The van der Waals surface area contributed by atoms with Crippen LogP contribution < -0.4 is 0 Å². The van der Waals surface area contributed by atoms with Crippen molar-refractivity contribution in [3.05, 3.63) is 64.4 Å². The van der Waals surface area contributed by atoms with E-state index >= 15 is 0 Å². The Kier molecular flexibility index (Phi) is 4.57. The lowest BCUT2D eigenvalue weighted by Crippen LogP contribution is -2.45. The smallest absolute Gasteiger partial charge is 0.253 e. The molecule has 1 saturated heterocycles. The zero-order chi connectivity index (χ0) is 18.1. The number of aryl methyl sites for hydroxylation is 1. The topological polar surface area (TPSA) is 71.2 Å². The van der Waals surface area contributed by atoms with Gasteiger partial charge in [-0.3, -0.25) is 9.36 Å². The van der Waals surface area contributed by atoms with E-state index in [-0.39, 0.29) is 11.8 Å². The number of aliphatic hydroxyl groups excluding tert-OH is 1. The number of benzene rings is 1. The number of hydrogen-bond acceptors (Lipinski definition) is 5. The van der Waals surface area contributed by atoms with Gasteiger partial charge >= 0.3 is 0 Å². The molecule has 26 heavy (non-hydrogen) atoms. The number of hydrogen-bond donors (Lipinski definition) is 1. The number of carbonyl (C=O) groups excluding carboxylic acids is 1. The molecule has 0 radical (unpaired) electrons.